The number of methoxy groups -OCH3 is 1. The lowest BCUT2D eigenvalue weighted by Crippen LogP contribution is -2.10. The van der Waals surface area contributed by atoms with Crippen LogP contribution in [0.15, 0.2) is 67.1 Å². The van der Waals surface area contributed by atoms with Crippen molar-refractivity contribution in [1.82, 2.24) is 14.4 Å². The van der Waals surface area contributed by atoms with Crippen molar-refractivity contribution in [3.63, 3.8) is 0 Å². The van der Waals surface area contributed by atoms with Gasteiger partial charge < -0.3 is 15.8 Å². The van der Waals surface area contributed by atoms with E-state index in [-0.39, 0.29) is 0 Å². The molecule has 2 aromatic carbocycles. The maximum Gasteiger partial charge on any atom is 0.248 e. The van der Waals surface area contributed by atoms with Gasteiger partial charge in [0.1, 0.15) is 5.75 Å². The average molecular weight is 359 g/mol. The third kappa shape index (κ3) is 3.18. The summed E-state index contributed by atoms with van der Waals surface area (Å²) in [6.45, 7) is 0. The second-order valence-electron chi connectivity index (χ2n) is 5.91. The van der Waals surface area contributed by atoms with Crippen molar-refractivity contribution in [2.24, 2.45) is 5.73 Å². The highest BCUT2D eigenvalue weighted by atomic mass is 16.5. The van der Waals surface area contributed by atoms with Gasteiger partial charge in [0, 0.05) is 29.2 Å². The fraction of sp³-hybridized carbons (Fsp3) is 0.0500. The number of nitrogens with one attached hydrogen (secondary N) is 1. The number of carbonyl (C=O) groups excluding carboxylic acids is 1. The van der Waals surface area contributed by atoms with Crippen LogP contribution in [0.4, 0.5) is 11.5 Å². The number of hydrogen-bond donors (Lipinski definition) is 2. The van der Waals surface area contributed by atoms with Crippen LogP contribution in [-0.2, 0) is 0 Å². The van der Waals surface area contributed by atoms with E-state index in [4.69, 9.17) is 10.5 Å². The van der Waals surface area contributed by atoms with Crippen molar-refractivity contribution in [2.45, 2.75) is 0 Å². The number of carbonyl (C=O) groups is 1. The molecule has 0 bridgehead atoms. The summed E-state index contributed by atoms with van der Waals surface area (Å²) in [5.41, 5.74) is 9.08. The number of nitrogens with zero attached hydrogens (tertiary/aromatic N) is 3. The Labute approximate surface area is 155 Å². The molecule has 4 rings (SSSR count). The Morgan fingerprint density at radius 1 is 1.15 bits per heavy atom. The van der Waals surface area contributed by atoms with E-state index in [1.807, 2.05) is 40.9 Å². The number of aromatic nitrogens is 3. The Balaban J connectivity index is 1.73. The largest absolute Gasteiger partial charge is 0.497 e. The molecule has 0 aliphatic heterocycles. The van der Waals surface area contributed by atoms with Gasteiger partial charge in [-0.1, -0.05) is 12.1 Å². The van der Waals surface area contributed by atoms with Gasteiger partial charge in [-0.2, -0.15) is 0 Å². The molecular weight excluding hydrogens is 342 g/mol. The first kappa shape index (κ1) is 16.6. The third-order valence-electron chi connectivity index (χ3n) is 4.22. The van der Waals surface area contributed by atoms with E-state index in [1.54, 1.807) is 37.7 Å². The summed E-state index contributed by atoms with van der Waals surface area (Å²) in [6.07, 6.45) is 5.27. The molecule has 1 amide bonds. The highest BCUT2D eigenvalue weighted by Gasteiger charge is 2.12. The molecule has 7 heteroatoms. The first-order valence-electron chi connectivity index (χ1n) is 8.29. The fourth-order valence-electron chi connectivity index (χ4n) is 2.86. The maximum atomic E-state index is 11.5. The van der Waals surface area contributed by atoms with Gasteiger partial charge in [-0.25, -0.2) is 9.97 Å². The summed E-state index contributed by atoms with van der Waals surface area (Å²) >= 11 is 0. The molecule has 0 saturated heterocycles. The van der Waals surface area contributed by atoms with Crippen LogP contribution in [0.2, 0.25) is 0 Å². The Kier molecular flexibility index (Phi) is 4.18. The molecule has 0 atom stereocenters. The zero-order chi connectivity index (χ0) is 18.8. The van der Waals surface area contributed by atoms with Crippen LogP contribution in [0, 0.1) is 0 Å². The Hall–Kier alpha value is -3.87. The summed E-state index contributed by atoms with van der Waals surface area (Å²) in [4.78, 5) is 20.4. The molecule has 0 saturated carbocycles. The molecule has 134 valence electrons. The third-order valence-corrected chi connectivity index (χ3v) is 4.22. The Morgan fingerprint density at radius 3 is 2.70 bits per heavy atom. The molecule has 0 spiro atoms. The first-order chi connectivity index (χ1) is 13.2. The number of anilines is 2. The monoisotopic (exact) mass is 359 g/mol. The summed E-state index contributed by atoms with van der Waals surface area (Å²) < 4.78 is 7.09. The first-order valence-corrected chi connectivity index (χ1v) is 8.29. The van der Waals surface area contributed by atoms with Crippen LogP contribution in [0.25, 0.3) is 16.9 Å². The van der Waals surface area contributed by atoms with Gasteiger partial charge in [0.25, 0.3) is 0 Å². The molecule has 0 radical (unpaired) electrons. The lowest BCUT2D eigenvalue weighted by molar-refractivity contribution is 0.100. The molecule has 0 unspecified atom stereocenters. The maximum absolute atomic E-state index is 11.5. The topological polar surface area (TPSA) is 94.5 Å². The second kappa shape index (κ2) is 6.80. The normalized spacial score (nSPS) is 10.7. The van der Waals surface area contributed by atoms with Gasteiger partial charge in [0.2, 0.25) is 5.91 Å². The standard InChI is InChI=1S/C20H17N5O2/c1-27-16-7-5-15(6-8-16)24-19-20-23-12-17(25(20)10-9-22-19)13-3-2-4-14(11-13)18(21)26/h2-12H,1H3,(H2,21,26)(H,22,24). The molecule has 27 heavy (non-hydrogen) atoms. The Bertz CT molecular complexity index is 1120. The summed E-state index contributed by atoms with van der Waals surface area (Å²) in [6, 6.07) is 14.7. The molecule has 4 aromatic rings. The van der Waals surface area contributed by atoms with Gasteiger partial charge in [0.15, 0.2) is 11.5 Å². The van der Waals surface area contributed by atoms with Crippen molar-refractivity contribution in [3.05, 3.63) is 72.7 Å². The number of nitrogens with two attached hydrogens (primary N) is 1. The predicted molar refractivity (Wildman–Crippen MR) is 103 cm³/mol. The van der Waals surface area contributed by atoms with Crippen LogP contribution in [0.5, 0.6) is 5.75 Å². The van der Waals surface area contributed by atoms with Crippen molar-refractivity contribution in [3.8, 4) is 17.0 Å². The minimum absolute atomic E-state index is 0.452. The number of imidazole rings is 1. The summed E-state index contributed by atoms with van der Waals surface area (Å²) in [5.74, 6) is 0.943. The number of ether oxygens (including phenoxy) is 1. The molecule has 2 aromatic heterocycles. The van der Waals surface area contributed by atoms with E-state index in [9.17, 15) is 4.79 Å². The number of amides is 1. The fourth-order valence-corrected chi connectivity index (χ4v) is 2.86. The number of fused-ring (bicyclic) bond motifs is 1. The highest BCUT2D eigenvalue weighted by Crippen LogP contribution is 2.26. The quantitative estimate of drug-likeness (QED) is 0.570. The van der Waals surface area contributed by atoms with Gasteiger partial charge in [0.05, 0.1) is 19.0 Å². The molecule has 2 heterocycles. The minimum atomic E-state index is -0.464. The zero-order valence-corrected chi connectivity index (χ0v) is 14.6. The number of rotatable bonds is 5. The zero-order valence-electron chi connectivity index (χ0n) is 14.6. The second-order valence-corrected chi connectivity index (χ2v) is 5.91. The number of benzene rings is 2. The van der Waals surface area contributed by atoms with Gasteiger partial charge >= 0.3 is 0 Å². The van der Waals surface area contributed by atoms with Gasteiger partial charge in [-0.15, -0.1) is 0 Å². The average Bonchev–Trinajstić information content (AvgIpc) is 3.14. The molecular formula is C20H17N5O2. The van der Waals surface area contributed by atoms with E-state index in [0.29, 0.717) is 17.0 Å². The van der Waals surface area contributed by atoms with Crippen LogP contribution in [0.1, 0.15) is 10.4 Å². The number of hydrogen-bond acceptors (Lipinski definition) is 5. The van der Waals surface area contributed by atoms with Crippen molar-refractivity contribution < 1.29 is 9.53 Å². The van der Waals surface area contributed by atoms with Crippen molar-refractivity contribution in [2.75, 3.05) is 12.4 Å². The van der Waals surface area contributed by atoms with Crippen LogP contribution in [0.3, 0.4) is 0 Å². The lowest BCUT2D eigenvalue weighted by Gasteiger charge is -2.09. The molecule has 0 aliphatic rings. The molecule has 7 nitrogen and oxygen atoms in total. The van der Waals surface area contributed by atoms with E-state index in [0.717, 1.165) is 22.7 Å². The van der Waals surface area contributed by atoms with Gasteiger partial charge in [-0.05, 0) is 36.4 Å². The van der Waals surface area contributed by atoms with Crippen LogP contribution in [-0.4, -0.2) is 27.4 Å². The summed E-state index contributed by atoms with van der Waals surface area (Å²) in [7, 11) is 1.63. The van der Waals surface area contributed by atoms with E-state index >= 15 is 0 Å². The van der Waals surface area contributed by atoms with E-state index < -0.39 is 5.91 Å². The molecule has 0 aliphatic carbocycles. The number of primary amides is 1. The van der Waals surface area contributed by atoms with Crippen molar-refractivity contribution in [1.29, 1.82) is 0 Å². The predicted octanol–water partition coefficient (Wildman–Crippen LogP) is 3.25. The Morgan fingerprint density at radius 2 is 1.96 bits per heavy atom. The molecule has 3 N–H and O–H groups in total. The molecule has 0 fully saturated rings. The summed E-state index contributed by atoms with van der Waals surface area (Å²) in [5, 5.41) is 3.27. The van der Waals surface area contributed by atoms with Crippen molar-refractivity contribution >= 4 is 23.1 Å². The minimum Gasteiger partial charge on any atom is -0.497 e. The highest BCUT2D eigenvalue weighted by molar-refractivity contribution is 5.94. The SMILES string of the molecule is COc1ccc(Nc2nccn3c(-c4cccc(C(N)=O)c4)cnc23)cc1. The van der Waals surface area contributed by atoms with Gasteiger partial charge in [-0.3, -0.25) is 9.20 Å². The van der Waals surface area contributed by atoms with Crippen LogP contribution >= 0.6 is 0 Å². The lowest BCUT2D eigenvalue weighted by atomic mass is 10.1. The van der Waals surface area contributed by atoms with Crippen LogP contribution < -0.4 is 15.8 Å². The van der Waals surface area contributed by atoms with E-state index in [2.05, 4.69) is 15.3 Å². The van der Waals surface area contributed by atoms with E-state index in [1.165, 1.54) is 0 Å². The smallest absolute Gasteiger partial charge is 0.248 e.